The highest BCUT2D eigenvalue weighted by Gasteiger charge is 2.16. The summed E-state index contributed by atoms with van der Waals surface area (Å²) in [5.41, 5.74) is 5.77. The minimum atomic E-state index is 0.760. The van der Waals surface area contributed by atoms with Crippen molar-refractivity contribution in [3.8, 4) is 0 Å². The molecule has 4 heterocycles. The molecule has 0 atom stereocenters. The molecule has 1 aliphatic heterocycles. The van der Waals surface area contributed by atoms with Crippen LogP contribution in [0.2, 0.25) is 0 Å². The largest absolute Gasteiger partial charge is 0.347 e. The zero-order valence-corrected chi connectivity index (χ0v) is 18.2. The number of thioether (sulfide) groups is 1. The number of benzene rings is 2. The molecule has 1 saturated heterocycles. The second kappa shape index (κ2) is 7.55. The third kappa shape index (κ3) is 3.23. The van der Waals surface area contributed by atoms with Crippen LogP contribution in [0.3, 0.4) is 0 Å². The molecule has 0 saturated carbocycles. The number of nitrogens with zero attached hydrogens (tertiary/aromatic N) is 5. The molecule has 5 aromatic rings. The number of aromatic nitrogens is 4. The number of anilines is 1. The molecule has 6 rings (SSSR count). The normalized spacial score (nSPS) is 14.5. The van der Waals surface area contributed by atoms with Gasteiger partial charge in [-0.1, -0.05) is 12.1 Å². The lowest BCUT2D eigenvalue weighted by Gasteiger charge is -2.29. The summed E-state index contributed by atoms with van der Waals surface area (Å²) in [7, 11) is 0. The molecule has 31 heavy (non-hydrogen) atoms. The van der Waals surface area contributed by atoms with Gasteiger partial charge in [-0.25, -0.2) is 9.97 Å². The molecule has 0 spiro atoms. The van der Waals surface area contributed by atoms with E-state index in [0.29, 0.717) is 0 Å². The fourth-order valence-electron chi connectivity index (χ4n) is 4.05. The lowest BCUT2D eigenvalue weighted by atomic mass is 10.1. The summed E-state index contributed by atoms with van der Waals surface area (Å²) in [6.07, 6.45) is 3.59. The Morgan fingerprint density at radius 3 is 2.16 bits per heavy atom. The molecule has 1 aliphatic rings. The van der Waals surface area contributed by atoms with Gasteiger partial charge < -0.3 is 10.2 Å². The first-order chi connectivity index (χ1) is 15.3. The van der Waals surface area contributed by atoms with Crippen molar-refractivity contribution in [3.05, 3.63) is 54.9 Å². The van der Waals surface area contributed by atoms with E-state index in [0.717, 1.165) is 79.3 Å². The smallest absolute Gasteiger partial charge is 0.173 e. The second-order valence-electron chi connectivity index (χ2n) is 7.45. The maximum atomic E-state index is 5.62. The van der Waals surface area contributed by atoms with Gasteiger partial charge in [-0.3, -0.25) is 9.97 Å². The quantitative estimate of drug-likeness (QED) is 0.229. The fraction of sp³-hybridized carbons (Fsp3) is 0.174. The molecule has 2 aromatic carbocycles. The first-order valence-electron chi connectivity index (χ1n) is 10.1. The molecule has 3 aromatic heterocycles. The second-order valence-corrected chi connectivity index (χ2v) is 9.06. The SMILES string of the molecule is S=C(Nc1ccc2nc3c4ncccc4c4cccnc4c3nc2c1)N1CCSCC1. The van der Waals surface area contributed by atoms with Crippen molar-refractivity contribution in [2.24, 2.45) is 0 Å². The first-order valence-corrected chi connectivity index (χ1v) is 11.7. The Hall–Kier alpha value is -3.10. The lowest BCUT2D eigenvalue weighted by molar-refractivity contribution is 0.470. The number of pyridine rings is 2. The van der Waals surface area contributed by atoms with E-state index < -0.39 is 0 Å². The van der Waals surface area contributed by atoms with E-state index in [-0.39, 0.29) is 0 Å². The van der Waals surface area contributed by atoms with Crippen LogP contribution in [-0.2, 0) is 0 Å². The van der Waals surface area contributed by atoms with Gasteiger partial charge >= 0.3 is 0 Å². The van der Waals surface area contributed by atoms with Crippen molar-refractivity contribution in [3.63, 3.8) is 0 Å². The van der Waals surface area contributed by atoms with E-state index in [9.17, 15) is 0 Å². The van der Waals surface area contributed by atoms with Gasteiger partial charge in [-0.05, 0) is 42.5 Å². The standard InChI is InChI=1S/C23H18N6S2/c30-23(29-9-11-31-12-10-29)26-14-5-6-17-18(13-14)28-22-20-16(4-2-8-25-20)15-3-1-7-24-19(15)21(22)27-17/h1-8,13H,9-12H2,(H,26,30). The van der Waals surface area contributed by atoms with Crippen LogP contribution in [0.5, 0.6) is 0 Å². The third-order valence-electron chi connectivity index (χ3n) is 5.57. The summed E-state index contributed by atoms with van der Waals surface area (Å²) < 4.78 is 0. The predicted molar refractivity (Wildman–Crippen MR) is 133 cm³/mol. The first kappa shape index (κ1) is 18.7. The molecular weight excluding hydrogens is 424 g/mol. The Morgan fingerprint density at radius 1 is 0.839 bits per heavy atom. The van der Waals surface area contributed by atoms with E-state index in [4.69, 9.17) is 22.2 Å². The van der Waals surface area contributed by atoms with Gasteiger partial charge in [-0.15, -0.1) is 0 Å². The molecule has 1 N–H and O–H groups in total. The van der Waals surface area contributed by atoms with Gasteiger partial charge in [0.05, 0.1) is 22.1 Å². The van der Waals surface area contributed by atoms with Crippen molar-refractivity contribution < 1.29 is 0 Å². The minimum absolute atomic E-state index is 0.760. The van der Waals surface area contributed by atoms with E-state index in [2.05, 4.69) is 32.3 Å². The molecule has 0 radical (unpaired) electrons. The van der Waals surface area contributed by atoms with Crippen molar-refractivity contribution in [1.29, 1.82) is 0 Å². The summed E-state index contributed by atoms with van der Waals surface area (Å²) in [4.78, 5) is 21.3. The Labute approximate surface area is 188 Å². The maximum absolute atomic E-state index is 5.62. The van der Waals surface area contributed by atoms with Crippen molar-refractivity contribution in [2.75, 3.05) is 29.9 Å². The number of thiocarbonyl (C=S) groups is 1. The highest BCUT2D eigenvalue weighted by molar-refractivity contribution is 7.99. The van der Waals surface area contributed by atoms with E-state index in [1.54, 1.807) is 12.4 Å². The van der Waals surface area contributed by atoms with Gasteiger partial charge in [0, 0.05) is 53.4 Å². The summed E-state index contributed by atoms with van der Waals surface area (Å²) in [6, 6.07) is 14.0. The van der Waals surface area contributed by atoms with Crippen molar-refractivity contribution in [1.82, 2.24) is 24.8 Å². The maximum Gasteiger partial charge on any atom is 0.173 e. The Balaban J connectivity index is 1.51. The molecule has 0 bridgehead atoms. The molecule has 0 amide bonds. The molecule has 1 fully saturated rings. The highest BCUT2D eigenvalue weighted by Crippen LogP contribution is 2.32. The number of hydrogen-bond donors (Lipinski definition) is 1. The molecule has 0 aliphatic carbocycles. The van der Waals surface area contributed by atoms with Crippen LogP contribution < -0.4 is 5.32 Å². The van der Waals surface area contributed by atoms with E-state index in [1.807, 2.05) is 42.1 Å². The zero-order valence-electron chi connectivity index (χ0n) is 16.6. The predicted octanol–water partition coefficient (Wildman–Crippen LogP) is 4.63. The van der Waals surface area contributed by atoms with Gasteiger partial charge in [0.1, 0.15) is 11.0 Å². The van der Waals surface area contributed by atoms with E-state index >= 15 is 0 Å². The van der Waals surface area contributed by atoms with Crippen LogP contribution in [0.25, 0.3) is 43.9 Å². The summed E-state index contributed by atoms with van der Waals surface area (Å²) in [5.74, 6) is 2.22. The monoisotopic (exact) mass is 442 g/mol. The van der Waals surface area contributed by atoms with Crippen LogP contribution in [-0.4, -0.2) is 54.5 Å². The van der Waals surface area contributed by atoms with Crippen LogP contribution in [0.4, 0.5) is 5.69 Å². The van der Waals surface area contributed by atoms with Gasteiger partial charge in [0.2, 0.25) is 0 Å². The van der Waals surface area contributed by atoms with Crippen molar-refractivity contribution in [2.45, 2.75) is 0 Å². The molecule has 8 heteroatoms. The van der Waals surface area contributed by atoms with Crippen LogP contribution in [0.15, 0.2) is 54.9 Å². The highest BCUT2D eigenvalue weighted by atomic mass is 32.2. The van der Waals surface area contributed by atoms with Gasteiger partial charge in [0.15, 0.2) is 5.11 Å². The summed E-state index contributed by atoms with van der Waals surface area (Å²) >= 11 is 7.59. The molecular formula is C23H18N6S2. The number of rotatable bonds is 1. The Morgan fingerprint density at radius 2 is 1.48 bits per heavy atom. The number of hydrogen-bond acceptors (Lipinski definition) is 6. The average Bonchev–Trinajstić information content (AvgIpc) is 2.84. The van der Waals surface area contributed by atoms with Gasteiger partial charge in [-0.2, -0.15) is 11.8 Å². The van der Waals surface area contributed by atoms with Crippen LogP contribution in [0, 0.1) is 0 Å². The number of nitrogens with one attached hydrogen (secondary N) is 1. The third-order valence-corrected chi connectivity index (χ3v) is 6.87. The van der Waals surface area contributed by atoms with Gasteiger partial charge in [0.25, 0.3) is 0 Å². The Bertz CT molecular complexity index is 1480. The Kier molecular flexibility index (Phi) is 4.54. The minimum Gasteiger partial charge on any atom is -0.347 e. The summed E-state index contributed by atoms with van der Waals surface area (Å²) in [6.45, 7) is 1.96. The topological polar surface area (TPSA) is 66.8 Å². The summed E-state index contributed by atoms with van der Waals surface area (Å²) in [5, 5.41) is 6.20. The number of fused-ring (bicyclic) bond motifs is 7. The lowest BCUT2D eigenvalue weighted by Crippen LogP contribution is -2.40. The fourth-order valence-corrected chi connectivity index (χ4v) is 5.26. The van der Waals surface area contributed by atoms with E-state index in [1.165, 1.54) is 0 Å². The molecule has 152 valence electrons. The average molecular weight is 443 g/mol. The van der Waals surface area contributed by atoms with Crippen LogP contribution >= 0.6 is 24.0 Å². The molecule has 0 unspecified atom stereocenters. The zero-order chi connectivity index (χ0) is 20.8. The van der Waals surface area contributed by atoms with Crippen LogP contribution in [0.1, 0.15) is 0 Å². The molecule has 6 nitrogen and oxygen atoms in total. The van der Waals surface area contributed by atoms with Crippen molar-refractivity contribution >= 4 is 78.7 Å².